The zero-order valence-corrected chi connectivity index (χ0v) is 15.4. The van der Waals surface area contributed by atoms with Crippen molar-refractivity contribution in [1.29, 1.82) is 0 Å². The zero-order valence-electron chi connectivity index (χ0n) is 14.6. The summed E-state index contributed by atoms with van der Waals surface area (Å²) in [7, 11) is 0. The molecule has 0 aliphatic carbocycles. The van der Waals surface area contributed by atoms with Gasteiger partial charge in [-0.25, -0.2) is 13.8 Å². The van der Waals surface area contributed by atoms with Crippen LogP contribution in [0, 0.1) is 11.6 Å². The van der Waals surface area contributed by atoms with Gasteiger partial charge in [-0.15, -0.1) is 5.10 Å². The minimum Gasteiger partial charge on any atom is -0.319 e. The molecule has 10 heteroatoms. The number of aryl methyl sites for hydroxylation is 1. The number of hydrogen-bond acceptors (Lipinski definition) is 6. The first-order valence-corrected chi connectivity index (χ1v) is 9.35. The molecule has 0 atom stereocenters. The maximum atomic E-state index is 14.1. The number of amides is 2. The minimum atomic E-state index is -1.02. The summed E-state index contributed by atoms with van der Waals surface area (Å²) in [6.45, 7) is 2.61. The Balaban J connectivity index is 1.84. The van der Waals surface area contributed by atoms with Crippen LogP contribution in [0.4, 0.5) is 14.5 Å². The molecule has 1 saturated heterocycles. The fourth-order valence-corrected chi connectivity index (χ4v) is 3.26. The molecule has 1 aliphatic rings. The van der Waals surface area contributed by atoms with Gasteiger partial charge in [-0.05, 0) is 36.9 Å². The fraction of sp³-hybridized carbons (Fsp3) is 0.412. The summed E-state index contributed by atoms with van der Waals surface area (Å²) in [5, 5.41) is 7.32. The number of carbonyl (C=O) groups is 2. The average Bonchev–Trinajstić information content (AvgIpc) is 3.13. The van der Waals surface area contributed by atoms with Crippen LogP contribution in [0.3, 0.4) is 0 Å². The van der Waals surface area contributed by atoms with Crippen molar-refractivity contribution >= 4 is 29.0 Å². The Hall–Kier alpha value is -2.46. The van der Waals surface area contributed by atoms with E-state index in [1.807, 2.05) is 6.92 Å². The lowest BCUT2D eigenvalue weighted by atomic mass is 10.1. The van der Waals surface area contributed by atoms with Crippen molar-refractivity contribution in [3.8, 4) is 0 Å². The van der Waals surface area contributed by atoms with Crippen LogP contribution in [-0.2, 0) is 11.3 Å². The van der Waals surface area contributed by atoms with Gasteiger partial charge in [-0.1, -0.05) is 17.8 Å². The third kappa shape index (κ3) is 4.28. The monoisotopic (exact) mass is 396 g/mol. The minimum absolute atomic E-state index is 0.257. The van der Waals surface area contributed by atoms with E-state index in [4.69, 9.17) is 4.84 Å². The molecule has 2 aromatic rings. The second-order valence-corrected chi connectivity index (χ2v) is 6.77. The van der Waals surface area contributed by atoms with E-state index >= 15 is 0 Å². The Morgan fingerprint density at radius 1 is 1.30 bits per heavy atom. The lowest BCUT2D eigenvalue weighted by molar-refractivity contribution is -0.144. The molecule has 7 nitrogen and oxygen atoms in total. The number of benzene rings is 1. The van der Waals surface area contributed by atoms with Gasteiger partial charge in [0.25, 0.3) is 11.8 Å². The molecule has 2 amide bonds. The number of aromatic nitrogens is 2. The first kappa shape index (κ1) is 19.3. The predicted octanol–water partition coefficient (Wildman–Crippen LogP) is 3.19. The molecule has 3 rings (SSSR count). The van der Waals surface area contributed by atoms with Gasteiger partial charge in [-0.3, -0.25) is 14.4 Å². The van der Waals surface area contributed by atoms with Crippen LogP contribution in [-0.4, -0.2) is 39.6 Å². The molecule has 0 saturated carbocycles. The van der Waals surface area contributed by atoms with Crippen LogP contribution in [0.5, 0.6) is 0 Å². The number of nitrogens with zero attached hydrogens (tertiary/aromatic N) is 3. The van der Waals surface area contributed by atoms with Crippen molar-refractivity contribution < 1.29 is 23.2 Å². The third-order valence-corrected chi connectivity index (χ3v) is 4.78. The number of halogens is 2. The topological polar surface area (TPSA) is 84.4 Å². The van der Waals surface area contributed by atoms with Crippen LogP contribution in [0.25, 0.3) is 0 Å². The maximum absolute atomic E-state index is 14.1. The lowest BCUT2D eigenvalue weighted by Crippen LogP contribution is -2.36. The van der Waals surface area contributed by atoms with Crippen LogP contribution in [0.1, 0.15) is 51.9 Å². The standard InChI is InChI=1S/C17H18F2N4O3S/c1-2-5-13-15(27-22-21-13)16(24)20-14-8-10(11(18)9-12(14)19)17(25)23-6-3-4-7-26-23/h8-9H,2-7H2,1H3,(H,20,24). The van der Waals surface area contributed by atoms with E-state index in [1.54, 1.807) is 0 Å². The van der Waals surface area contributed by atoms with Crippen molar-refractivity contribution in [2.75, 3.05) is 18.5 Å². The Morgan fingerprint density at radius 3 is 2.81 bits per heavy atom. The molecular formula is C17H18F2N4O3S. The molecule has 1 fully saturated rings. The summed E-state index contributed by atoms with van der Waals surface area (Å²) in [6, 6.07) is 1.56. The molecule has 1 aromatic heterocycles. The van der Waals surface area contributed by atoms with Crippen molar-refractivity contribution in [1.82, 2.24) is 14.7 Å². The summed E-state index contributed by atoms with van der Waals surface area (Å²) in [5.41, 5.74) is -0.150. The molecular weight excluding hydrogens is 378 g/mol. The van der Waals surface area contributed by atoms with Crippen molar-refractivity contribution in [3.05, 3.63) is 39.9 Å². The van der Waals surface area contributed by atoms with E-state index in [-0.39, 0.29) is 16.1 Å². The number of hydroxylamine groups is 2. The maximum Gasteiger partial charge on any atom is 0.280 e. The summed E-state index contributed by atoms with van der Waals surface area (Å²) in [4.78, 5) is 30.4. The molecule has 27 heavy (non-hydrogen) atoms. The zero-order chi connectivity index (χ0) is 19.4. The molecule has 0 spiro atoms. The normalized spacial score (nSPS) is 14.3. The second-order valence-electron chi connectivity index (χ2n) is 6.01. The third-order valence-electron chi connectivity index (χ3n) is 4.01. The molecule has 2 heterocycles. The second kappa shape index (κ2) is 8.49. The number of nitrogens with one attached hydrogen (secondary N) is 1. The van der Waals surface area contributed by atoms with Gasteiger partial charge < -0.3 is 5.32 Å². The SMILES string of the molecule is CCCc1nnsc1C(=O)Nc1cc(C(=O)N2CCCCO2)c(F)cc1F. The molecule has 0 bridgehead atoms. The first-order valence-electron chi connectivity index (χ1n) is 8.57. The fourth-order valence-electron chi connectivity index (χ4n) is 2.66. The van der Waals surface area contributed by atoms with Gasteiger partial charge in [0, 0.05) is 12.6 Å². The quantitative estimate of drug-likeness (QED) is 0.839. The van der Waals surface area contributed by atoms with Gasteiger partial charge in [-0.2, -0.15) is 0 Å². The number of hydrogen-bond donors (Lipinski definition) is 1. The van der Waals surface area contributed by atoms with E-state index in [0.717, 1.165) is 41.9 Å². The average molecular weight is 396 g/mol. The van der Waals surface area contributed by atoms with Crippen LogP contribution in [0.2, 0.25) is 0 Å². The van der Waals surface area contributed by atoms with Gasteiger partial charge in [0.2, 0.25) is 0 Å². The van der Waals surface area contributed by atoms with Crippen molar-refractivity contribution in [2.45, 2.75) is 32.6 Å². The van der Waals surface area contributed by atoms with Crippen LogP contribution in [0.15, 0.2) is 12.1 Å². The molecule has 1 N–H and O–H groups in total. The van der Waals surface area contributed by atoms with Crippen molar-refractivity contribution in [2.24, 2.45) is 0 Å². The van der Waals surface area contributed by atoms with Gasteiger partial charge in [0.15, 0.2) is 0 Å². The van der Waals surface area contributed by atoms with Gasteiger partial charge in [0.05, 0.1) is 23.6 Å². The Bertz CT molecular complexity index is 853. The highest BCUT2D eigenvalue weighted by Crippen LogP contribution is 2.24. The van der Waals surface area contributed by atoms with E-state index in [2.05, 4.69) is 14.9 Å². The highest BCUT2D eigenvalue weighted by Gasteiger charge is 2.25. The van der Waals surface area contributed by atoms with Crippen LogP contribution < -0.4 is 5.32 Å². The summed E-state index contributed by atoms with van der Waals surface area (Å²) >= 11 is 0.894. The highest BCUT2D eigenvalue weighted by atomic mass is 32.1. The van der Waals surface area contributed by atoms with E-state index < -0.39 is 23.4 Å². The van der Waals surface area contributed by atoms with Gasteiger partial charge in [0.1, 0.15) is 16.5 Å². The smallest absolute Gasteiger partial charge is 0.280 e. The molecule has 144 valence electrons. The number of anilines is 1. The predicted molar refractivity (Wildman–Crippen MR) is 94.4 cm³/mol. The molecule has 1 aliphatic heterocycles. The lowest BCUT2D eigenvalue weighted by Gasteiger charge is -2.26. The Labute approximate surface area is 158 Å². The van der Waals surface area contributed by atoms with Gasteiger partial charge >= 0.3 is 0 Å². The number of carbonyl (C=O) groups excluding carboxylic acids is 2. The molecule has 0 radical (unpaired) electrons. The van der Waals surface area contributed by atoms with E-state index in [9.17, 15) is 18.4 Å². The Morgan fingerprint density at radius 2 is 2.11 bits per heavy atom. The van der Waals surface area contributed by atoms with Crippen LogP contribution >= 0.6 is 11.5 Å². The summed E-state index contributed by atoms with van der Waals surface area (Å²) in [6.07, 6.45) is 2.86. The van der Waals surface area contributed by atoms with Crippen molar-refractivity contribution in [3.63, 3.8) is 0 Å². The largest absolute Gasteiger partial charge is 0.319 e. The summed E-state index contributed by atoms with van der Waals surface area (Å²) < 4.78 is 32.0. The highest BCUT2D eigenvalue weighted by molar-refractivity contribution is 7.08. The molecule has 1 aromatic carbocycles. The molecule has 0 unspecified atom stereocenters. The first-order chi connectivity index (χ1) is 13.0. The van der Waals surface area contributed by atoms with E-state index in [0.29, 0.717) is 31.3 Å². The Kier molecular flexibility index (Phi) is 6.07. The summed E-state index contributed by atoms with van der Waals surface area (Å²) in [5.74, 6) is -3.32. The number of rotatable bonds is 5. The van der Waals surface area contributed by atoms with E-state index in [1.165, 1.54) is 0 Å².